The van der Waals surface area contributed by atoms with Crippen LogP contribution in [-0.2, 0) is 6.54 Å². The Balaban J connectivity index is 2.56. The highest BCUT2D eigenvalue weighted by atomic mass is 35.5. The molecule has 0 amide bonds. The fraction of sp³-hybridized carbons (Fsp3) is 0.538. The number of aliphatic hydroxyl groups is 1. The van der Waals surface area contributed by atoms with Gasteiger partial charge >= 0.3 is 0 Å². The van der Waals surface area contributed by atoms with Crippen molar-refractivity contribution in [2.45, 2.75) is 32.4 Å². The Labute approximate surface area is 118 Å². The maximum Gasteiger partial charge on any atom is 0.142 e. The van der Waals surface area contributed by atoms with Gasteiger partial charge in [0.15, 0.2) is 0 Å². The molecule has 0 fully saturated rings. The fourth-order valence-electron chi connectivity index (χ4n) is 1.67. The van der Waals surface area contributed by atoms with E-state index in [0.717, 1.165) is 24.9 Å². The van der Waals surface area contributed by atoms with E-state index in [4.69, 9.17) is 27.9 Å². The molecule has 0 heterocycles. The minimum atomic E-state index is -0.248. The molecule has 1 unspecified atom stereocenters. The molecule has 0 saturated carbocycles. The quantitative estimate of drug-likeness (QED) is 0.758. The first-order valence-electron chi connectivity index (χ1n) is 5.99. The van der Waals surface area contributed by atoms with Crippen molar-refractivity contribution in [3.05, 3.63) is 27.7 Å². The smallest absolute Gasteiger partial charge is 0.142 e. The topological polar surface area (TPSA) is 41.5 Å². The molecule has 0 aliphatic carbocycles. The lowest BCUT2D eigenvalue weighted by Crippen LogP contribution is -2.20. The van der Waals surface area contributed by atoms with E-state index in [9.17, 15) is 5.11 Å². The summed E-state index contributed by atoms with van der Waals surface area (Å²) in [7, 11) is 1.58. The van der Waals surface area contributed by atoms with Gasteiger partial charge in [-0.1, -0.05) is 30.1 Å². The Morgan fingerprint density at radius 2 is 2.11 bits per heavy atom. The number of hydrogen-bond acceptors (Lipinski definition) is 3. The summed E-state index contributed by atoms with van der Waals surface area (Å²) in [6.45, 7) is 3.31. The van der Waals surface area contributed by atoms with Crippen LogP contribution >= 0.6 is 23.2 Å². The second-order valence-electron chi connectivity index (χ2n) is 4.11. The van der Waals surface area contributed by atoms with E-state index in [1.807, 2.05) is 13.0 Å². The molecule has 0 bridgehead atoms. The summed E-state index contributed by atoms with van der Waals surface area (Å²) in [5.74, 6) is 0.643. The van der Waals surface area contributed by atoms with Gasteiger partial charge in [-0.15, -0.1) is 0 Å². The van der Waals surface area contributed by atoms with E-state index in [1.54, 1.807) is 13.2 Å². The number of benzene rings is 1. The zero-order valence-corrected chi connectivity index (χ0v) is 12.2. The zero-order chi connectivity index (χ0) is 13.5. The average molecular weight is 292 g/mol. The Kier molecular flexibility index (Phi) is 6.79. The Bertz CT molecular complexity index is 385. The Morgan fingerprint density at radius 3 is 2.72 bits per heavy atom. The molecule has 2 N–H and O–H groups in total. The van der Waals surface area contributed by atoms with Crippen LogP contribution in [0.25, 0.3) is 0 Å². The molecule has 3 nitrogen and oxygen atoms in total. The lowest BCUT2D eigenvalue weighted by atomic mass is 10.2. The van der Waals surface area contributed by atoms with Crippen LogP contribution in [0.2, 0.25) is 10.0 Å². The van der Waals surface area contributed by atoms with Crippen molar-refractivity contribution in [2.24, 2.45) is 0 Å². The molecule has 1 aromatic rings. The first kappa shape index (κ1) is 15.6. The van der Waals surface area contributed by atoms with Crippen molar-refractivity contribution in [3.63, 3.8) is 0 Å². The monoisotopic (exact) mass is 291 g/mol. The third kappa shape index (κ3) is 4.65. The minimum Gasteiger partial charge on any atom is -0.495 e. The Hall–Kier alpha value is -0.480. The highest BCUT2D eigenvalue weighted by Gasteiger charge is 2.09. The highest BCUT2D eigenvalue weighted by molar-refractivity contribution is 6.35. The predicted octanol–water partition coefficient (Wildman–Crippen LogP) is 3.25. The summed E-state index contributed by atoms with van der Waals surface area (Å²) in [5.41, 5.74) is 0.918. The summed E-state index contributed by atoms with van der Waals surface area (Å²) in [4.78, 5) is 0. The summed E-state index contributed by atoms with van der Waals surface area (Å²) in [5, 5.41) is 13.8. The third-order valence-electron chi connectivity index (χ3n) is 2.73. The second kappa shape index (κ2) is 7.85. The number of halogens is 2. The average Bonchev–Trinajstić information content (AvgIpc) is 2.33. The molecule has 102 valence electrons. The van der Waals surface area contributed by atoms with E-state index in [-0.39, 0.29) is 6.10 Å². The highest BCUT2D eigenvalue weighted by Crippen LogP contribution is 2.31. The largest absolute Gasteiger partial charge is 0.495 e. The van der Waals surface area contributed by atoms with Crippen LogP contribution in [0.1, 0.15) is 25.3 Å². The van der Waals surface area contributed by atoms with Crippen LogP contribution < -0.4 is 10.1 Å². The van der Waals surface area contributed by atoms with Gasteiger partial charge in [0.05, 0.1) is 18.2 Å². The molecule has 0 saturated heterocycles. The maximum atomic E-state index is 9.44. The van der Waals surface area contributed by atoms with Crippen molar-refractivity contribution < 1.29 is 9.84 Å². The van der Waals surface area contributed by atoms with E-state index in [2.05, 4.69) is 5.32 Å². The third-order valence-corrected chi connectivity index (χ3v) is 3.23. The predicted molar refractivity (Wildman–Crippen MR) is 75.6 cm³/mol. The summed E-state index contributed by atoms with van der Waals surface area (Å²) in [6.07, 6.45) is 1.25. The zero-order valence-electron chi connectivity index (χ0n) is 10.7. The van der Waals surface area contributed by atoms with Gasteiger partial charge in [-0.2, -0.15) is 0 Å². The lowest BCUT2D eigenvalue weighted by Gasteiger charge is -2.13. The van der Waals surface area contributed by atoms with Gasteiger partial charge in [-0.25, -0.2) is 0 Å². The molecule has 0 aliphatic rings. The molecule has 1 atom stereocenters. The standard InChI is InChI=1S/C13H19Cl2NO2/c1-3-11(17)4-5-16-8-9-6-10(14)7-12(15)13(9)18-2/h6-7,11,16-17H,3-5,8H2,1-2H3. The first-order valence-corrected chi connectivity index (χ1v) is 6.74. The van der Waals surface area contributed by atoms with Crippen molar-refractivity contribution >= 4 is 23.2 Å². The van der Waals surface area contributed by atoms with Crippen LogP contribution in [0.5, 0.6) is 5.75 Å². The number of methoxy groups -OCH3 is 1. The van der Waals surface area contributed by atoms with Gasteiger partial charge in [-0.3, -0.25) is 0 Å². The van der Waals surface area contributed by atoms with Crippen molar-refractivity contribution in [1.29, 1.82) is 0 Å². The molecule has 0 aromatic heterocycles. The lowest BCUT2D eigenvalue weighted by molar-refractivity contribution is 0.159. The van der Waals surface area contributed by atoms with Crippen molar-refractivity contribution in [1.82, 2.24) is 5.32 Å². The van der Waals surface area contributed by atoms with Gasteiger partial charge in [0.1, 0.15) is 5.75 Å². The van der Waals surface area contributed by atoms with E-state index in [0.29, 0.717) is 22.3 Å². The number of ether oxygens (including phenoxy) is 1. The van der Waals surface area contributed by atoms with Gasteiger partial charge in [0.25, 0.3) is 0 Å². The molecule has 0 spiro atoms. The van der Waals surface area contributed by atoms with Gasteiger partial charge in [0.2, 0.25) is 0 Å². The molecule has 0 radical (unpaired) electrons. The van der Waals surface area contributed by atoms with E-state index in [1.165, 1.54) is 0 Å². The number of rotatable bonds is 7. The van der Waals surface area contributed by atoms with Gasteiger partial charge < -0.3 is 15.2 Å². The normalized spacial score (nSPS) is 12.5. The van der Waals surface area contributed by atoms with E-state index >= 15 is 0 Å². The number of aliphatic hydroxyl groups excluding tert-OH is 1. The summed E-state index contributed by atoms with van der Waals surface area (Å²) in [6, 6.07) is 3.49. The summed E-state index contributed by atoms with van der Waals surface area (Å²) >= 11 is 12.0. The fourth-order valence-corrected chi connectivity index (χ4v) is 2.28. The molecular weight excluding hydrogens is 273 g/mol. The van der Waals surface area contributed by atoms with Crippen LogP contribution in [0, 0.1) is 0 Å². The molecule has 5 heteroatoms. The second-order valence-corrected chi connectivity index (χ2v) is 4.95. The van der Waals surface area contributed by atoms with Crippen molar-refractivity contribution in [2.75, 3.05) is 13.7 Å². The minimum absolute atomic E-state index is 0.248. The van der Waals surface area contributed by atoms with Crippen LogP contribution in [0.3, 0.4) is 0 Å². The van der Waals surface area contributed by atoms with Crippen molar-refractivity contribution in [3.8, 4) is 5.75 Å². The molecule has 1 rings (SSSR count). The SMILES string of the molecule is CCC(O)CCNCc1cc(Cl)cc(Cl)c1OC. The van der Waals surface area contributed by atoms with Crippen LogP contribution in [0.15, 0.2) is 12.1 Å². The number of nitrogens with one attached hydrogen (secondary N) is 1. The van der Waals surface area contributed by atoms with Gasteiger partial charge in [-0.05, 0) is 31.5 Å². The van der Waals surface area contributed by atoms with Crippen LogP contribution in [-0.4, -0.2) is 24.9 Å². The van der Waals surface area contributed by atoms with Gasteiger partial charge in [0, 0.05) is 17.1 Å². The molecular formula is C13H19Cl2NO2. The van der Waals surface area contributed by atoms with E-state index < -0.39 is 0 Å². The molecule has 1 aromatic carbocycles. The Morgan fingerprint density at radius 1 is 1.39 bits per heavy atom. The maximum absolute atomic E-state index is 9.44. The number of hydrogen-bond donors (Lipinski definition) is 2. The first-order chi connectivity index (χ1) is 8.58. The molecule has 0 aliphatic heterocycles. The molecule has 18 heavy (non-hydrogen) atoms. The van der Waals surface area contributed by atoms with Crippen LogP contribution in [0.4, 0.5) is 0 Å². The summed E-state index contributed by atoms with van der Waals surface area (Å²) < 4.78 is 5.25.